The fraction of sp³-hybridized carbons (Fsp3) is 0.423. The highest BCUT2D eigenvalue weighted by Gasteiger charge is 2.30. The Balaban J connectivity index is 1.74. The summed E-state index contributed by atoms with van der Waals surface area (Å²) in [5, 5.41) is 1.87. The van der Waals surface area contributed by atoms with Crippen molar-refractivity contribution in [2.24, 2.45) is 0 Å². The van der Waals surface area contributed by atoms with Gasteiger partial charge in [-0.1, -0.05) is 67.8 Å². The molecule has 5 rings (SSSR count). The lowest BCUT2D eigenvalue weighted by atomic mass is 9.92. The third-order valence-corrected chi connectivity index (χ3v) is 6.74. The van der Waals surface area contributed by atoms with Crippen LogP contribution in [0.25, 0.3) is 10.8 Å². The molecule has 3 aromatic rings. The zero-order valence-electron chi connectivity index (χ0n) is 17.5. The van der Waals surface area contributed by atoms with Crippen molar-refractivity contribution in [1.82, 2.24) is 9.47 Å². The summed E-state index contributed by atoms with van der Waals surface area (Å²) < 4.78 is 7.81. The summed E-state index contributed by atoms with van der Waals surface area (Å²) >= 11 is 0. The van der Waals surface area contributed by atoms with E-state index in [4.69, 9.17) is 4.74 Å². The average Bonchev–Trinajstić information content (AvgIpc) is 2.81. The minimum absolute atomic E-state index is 0.0642. The lowest BCUT2D eigenvalue weighted by Crippen LogP contribution is -2.42. The molecule has 2 heterocycles. The van der Waals surface area contributed by atoms with Gasteiger partial charge in [0.1, 0.15) is 0 Å². The van der Waals surface area contributed by atoms with Crippen LogP contribution in [0.5, 0.6) is 0 Å². The summed E-state index contributed by atoms with van der Waals surface area (Å²) in [5.74, 6) is 0. The Bertz CT molecular complexity index is 1050. The topological polar surface area (TPSA) is 34.5 Å². The van der Waals surface area contributed by atoms with E-state index in [-0.39, 0.29) is 17.6 Å². The number of nitrogens with zero attached hydrogens (tertiary/aromatic N) is 2. The molecule has 1 aliphatic heterocycles. The maximum Gasteiger partial charge on any atom is 0.258 e. The van der Waals surface area contributed by atoms with Crippen LogP contribution in [0, 0.1) is 0 Å². The molecule has 1 aliphatic carbocycles. The molecule has 0 N–H and O–H groups in total. The largest absolute Gasteiger partial charge is 0.379 e. The molecule has 1 saturated heterocycles. The van der Waals surface area contributed by atoms with Crippen LogP contribution in [-0.4, -0.2) is 35.8 Å². The van der Waals surface area contributed by atoms with Crippen LogP contribution in [-0.2, 0) is 4.74 Å². The molecule has 1 atom stereocenters. The second-order valence-corrected chi connectivity index (χ2v) is 8.59. The highest BCUT2D eigenvalue weighted by molar-refractivity contribution is 5.82. The number of ether oxygens (including phenoxy) is 1. The maximum absolute atomic E-state index is 13.8. The quantitative estimate of drug-likeness (QED) is 0.621. The van der Waals surface area contributed by atoms with Crippen LogP contribution in [0.4, 0.5) is 0 Å². The van der Waals surface area contributed by atoms with Gasteiger partial charge in [0.05, 0.1) is 19.3 Å². The van der Waals surface area contributed by atoms with E-state index in [0.717, 1.165) is 55.6 Å². The summed E-state index contributed by atoms with van der Waals surface area (Å²) in [4.78, 5) is 16.3. The van der Waals surface area contributed by atoms with Gasteiger partial charge in [-0.3, -0.25) is 9.69 Å². The van der Waals surface area contributed by atoms with E-state index in [0.29, 0.717) is 0 Å². The van der Waals surface area contributed by atoms with Crippen LogP contribution < -0.4 is 5.56 Å². The minimum atomic E-state index is 0.0642. The van der Waals surface area contributed by atoms with Gasteiger partial charge >= 0.3 is 0 Å². The molecular weight excluding hydrogens is 372 g/mol. The van der Waals surface area contributed by atoms with E-state index >= 15 is 0 Å². The van der Waals surface area contributed by atoms with Gasteiger partial charge in [-0.2, -0.15) is 0 Å². The van der Waals surface area contributed by atoms with Gasteiger partial charge in [-0.05, 0) is 35.9 Å². The summed E-state index contributed by atoms with van der Waals surface area (Å²) in [6.45, 7) is 3.24. The van der Waals surface area contributed by atoms with E-state index in [1.54, 1.807) is 0 Å². The van der Waals surface area contributed by atoms with Crippen LogP contribution >= 0.6 is 0 Å². The van der Waals surface area contributed by atoms with E-state index in [9.17, 15) is 4.79 Å². The normalized spacial score (nSPS) is 19.7. The van der Waals surface area contributed by atoms with Crippen molar-refractivity contribution >= 4 is 10.8 Å². The van der Waals surface area contributed by atoms with E-state index in [1.807, 2.05) is 18.2 Å². The molecule has 0 bridgehead atoms. The number of aromatic nitrogens is 1. The molecule has 0 spiro atoms. The molecule has 0 radical (unpaired) electrons. The standard InChI is InChI=1S/C26H30N2O2/c29-26-23-14-8-7-11-21(23)19-24(28(26)22-12-5-2-6-13-22)25(20-9-3-1-4-10-20)27-15-17-30-18-16-27/h1,3-4,7-11,14,19,22,25H,2,5-6,12-13,15-18H2. The number of pyridine rings is 1. The van der Waals surface area contributed by atoms with Crippen molar-refractivity contribution in [3.63, 3.8) is 0 Å². The van der Waals surface area contributed by atoms with Crippen molar-refractivity contribution in [2.45, 2.75) is 44.2 Å². The predicted molar refractivity (Wildman–Crippen MR) is 121 cm³/mol. The van der Waals surface area contributed by atoms with E-state index in [2.05, 4.69) is 51.9 Å². The zero-order chi connectivity index (χ0) is 20.3. The fourth-order valence-electron chi connectivity index (χ4n) is 5.26. The van der Waals surface area contributed by atoms with Crippen molar-refractivity contribution in [3.8, 4) is 0 Å². The smallest absolute Gasteiger partial charge is 0.258 e. The van der Waals surface area contributed by atoms with Crippen molar-refractivity contribution in [2.75, 3.05) is 26.3 Å². The van der Waals surface area contributed by atoms with Crippen LogP contribution in [0.2, 0.25) is 0 Å². The lowest BCUT2D eigenvalue weighted by Gasteiger charge is -2.38. The SMILES string of the molecule is O=c1c2ccccc2cc(C(c2ccccc2)N2CCOCC2)n1C1CCCCC1. The number of fused-ring (bicyclic) bond motifs is 1. The summed E-state index contributed by atoms with van der Waals surface area (Å²) in [5.41, 5.74) is 2.56. The summed E-state index contributed by atoms with van der Waals surface area (Å²) in [6, 6.07) is 21.4. The first kappa shape index (κ1) is 19.5. The summed E-state index contributed by atoms with van der Waals surface area (Å²) in [7, 11) is 0. The average molecular weight is 403 g/mol. The Morgan fingerprint density at radius 3 is 2.33 bits per heavy atom. The highest BCUT2D eigenvalue weighted by atomic mass is 16.5. The lowest BCUT2D eigenvalue weighted by molar-refractivity contribution is 0.0220. The molecule has 4 nitrogen and oxygen atoms in total. The van der Waals surface area contributed by atoms with Gasteiger partial charge in [0.15, 0.2) is 0 Å². The van der Waals surface area contributed by atoms with E-state index < -0.39 is 0 Å². The maximum atomic E-state index is 13.8. The van der Waals surface area contributed by atoms with Crippen LogP contribution in [0.3, 0.4) is 0 Å². The Morgan fingerprint density at radius 2 is 1.57 bits per heavy atom. The summed E-state index contributed by atoms with van der Waals surface area (Å²) in [6.07, 6.45) is 5.87. The van der Waals surface area contributed by atoms with Crippen LogP contribution in [0.15, 0.2) is 65.5 Å². The van der Waals surface area contributed by atoms with Gasteiger partial charge in [-0.15, -0.1) is 0 Å². The van der Waals surface area contributed by atoms with Gasteiger partial charge in [0, 0.05) is 30.2 Å². The molecule has 0 amide bonds. The van der Waals surface area contributed by atoms with Gasteiger partial charge < -0.3 is 9.30 Å². The molecule has 1 saturated carbocycles. The number of hydrogen-bond donors (Lipinski definition) is 0. The first-order valence-corrected chi connectivity index (χ1v) is 11.3. The number of morpholine rings is 1. The molecule has 2 aromatic carbocycles. The molecular formula is C26H30N2O2. The third kappa shape index (κ3) is 3.70. The van der Waals surface area contributed by atoms with Gasteiger partial charge in [0.2, 0.25) is 0 Å². The molecule has 2 aliphatic rings. The second-order valence-electron chi connectivity index (χ2n) is 8.59. The minimum Gasteiger partial charge on any atom is -0.379 e. The monoisotopic (exact) mass is 402 g/mol. The molecule has 4 heteroatoms. The third-order valence-electron chi connectivity index (χ3n) is 6.74. The Hall–Kier alpha value is -2.43. The number of rotatable bonds is 4. The Kier molecular flexibility index (Phi) is 5.69. The first-order valence-electron chi connectivity index (χ1n) is 11.3. The predicted octanol–water partition coefficient (Wildman–Crippen LogP) is 4.93. The molecule has 1 aromatic heterocycles. The first-order chi connectivity index (χ1) is 14.8. The van der Waals surface area contributed by atoms with Crippen LogP contribution in [0.1, 0.15) is 55.4 Å². The van der Waals surface area contributed by atoms with Crippen molar-refractivity contribution in [1.29, 1.82) is 0 Å². The number of benzene rings is 2. The van der Waals surface area contributed by atoms with Crippen molar-refractivity contribution in [3.05, 3.63) is 82.3 Å². The second kappa shape index (κ2) is 8.75. The molecule has 2 fully saturated rings. The Morgan fingerprint density at radius 1 is 0.867 bits per heavy atom. The number of hydrogen-bond acceptors (Lipinski definition) is 3. The van der Waals surface area contributed by atoms with Crippen molar-refractivity contribution < 1.29 is 4.74 Å². The van der Waals surface area contributed by atoms with Gasteiger partial charge in [-0.25, -0.2) is 0 Å². The molecule has 1 unspecified atom stereocenters. The molecule has 156 valence electrons. The van der Waals surface area contributed by atoms with Gasteiger partial charge in [0.25, 0.3) is 5.56 Å². The highest BCUT2D eigenvalue weighted by Crippen LogP contribution is 2.35. The Labute approximate surface area is 178 Å². The molecule has 30 heavy (non-hydrogen) atoms. The fourth-order valence-corrected chi connectivity index (χ4v) is 5.26. The zero-order valence-corrected chi connectivity index (χ0v) is 17.5. The van der Waals surface area contributed by atoms with E-state index in [1.165, 1.54) is 24.8 Å².